The molecule has 2 N–H and O–H groups in total. The Morgan fingerprint density at radius 2 is 2.00 bits per heavy atom. The highest BCUT2D eigenvalue weighted by Gasteiger charge is 2.37. The Balaban J connectivity index is 1.87. The summed E-state index contributed by atoms with van der Waals surface area (Å²) in [5, 5.41) is 23.8. The van der Waals surface area contributed by atoms with E-state index in [4.69, 9.17) is 16.7 Å². The van der Waals surface area contributed by atoms with E-state index >= 15 is 0 Å². The third-order valence-corrected chi connectivity index (χ3v) is 5.55. The second kappa shape index (κ2) is 6.43. The molecule has 0 bridgehead atoms. The molecule has 136 valence electrons. The number of carboxylic acid groups (broad SMARTS) is 2. The lowest BCUT2D eigenvalue weighted by atomic mass is 9.82. The van der Waals surface area contributed by atoms with Crippen molar-refractivity contribution in [2.45, 2.75) is 50.4 Å². The summed E-state index contributed by atoms with van der Waals surface area (Å²) in [6.45, 7) is 0. The second-order valence-electron chi connectivity index (χ2n) is 7.09. The molecule has 0 spiro atoms. The second-order valence-corrected chi connectivity index (χ2v) is 7.50. The minimum absolute atomic E-state index is 0.0398. The number of nitrogens with zero attached hydrogens (tertiary/aromatic N) is 2. The molecule has 26 heavy (non-hydrogen) atoms. The van der Waals surface area contributed by atoms with Gasteiger partial charge in [0.15, 0.2) is 0 Å². The summed E-state index contributed by atoms with van der Waals surface area (Å²) in [6, 6.07) is 4.58. The zero-order valence-corrected chi connectivity index (χ0v) is 14.9. The number of aromatic carboxylic acids is 1. The van der Waals surface area contributed by atoms with E-state index in [-0.39, 0.29) is 17.9 Å². The van der Waals surface area contributed by atoms with E-state index < -0.39 is 11.9 Å². The van der Waals surface area contributed by atoms with Gasteiger partial charge in [-0.2, -0.15) is 5.10 Å². The van der Waals surface area contributed by atoms with Gasteiger partial charge in [-0.05, 0) is 56.2 Å². The third kappa shape index (κ3) is 2.98. The van der Waals surface area contributed by atoms with E-state index in [0.717, 1.165) is 49.1 Å². The first-order valence-electron chi connectivity index (χ1n) is 8.82. The van der Waals surface area contributed by atoms with Crippen LogP contribution in [0.15, 0.2) is 18.2 Å². The highest BCUT2D eigenvalue weighted by atomic mass is 35.5. The number of halogens is 1. The number of hydrogen-bond acceptors (Lipinski definition) is 3. The van der Waals surface area contributed by atoms with E-state index in [1.54, 1.807) is 10.7 Å². The Hall–Kier alpha value is -2.34. The summed E-state index contributed by atoms with van der Waals surface area (Å²) < 4.78 is 1.76. The van der Waals surface area contributed by atoms with Crippen LogP contribution in [0.4, 0.5) is 0 Å². The first-order chi connectivity index (χ1) is 12.5. The molecule has 1 heterocycles. The zero-order valence-electron chi connectivity index (χ0n) is 14.1. The molecular weight excluding hydrogens is 356 g/mol. The summed E-state index contributed by atoms with van der Waals surface area (Å²) in [4.78, 5) is 22.7. The van der Waals surface area contributed by atoms with E-state index in [2.05, 4.69) is 0 Å². The van der Waals surface area contributed by atoms with Gasteiger partial charge in [-0.25, -0.2) is 9.48 Å². The maximum absolute atomic E-state index is 11.3. The van der Waals surface area contributed by atoms with Crippen LogP contribution in [0.2, 0.25) is 5.02 Å². The molecule has 0 amide bonds. The van der Waals surface area contributed by atoms with Crippen LogP contribution in [0, 0.1) is 0 Å². The van der Waals surface area contributed by atoms with Gasteiger partial charge in [0.2, 0.25) is 0 Å². The van der Waals surface area contributed by atoms with E-state index in [1.807, 2.05) is 0 Å². The molecule has 0 radical (unpaired) electrons. The molecule has 1 aromatic carbocycles. The van der Waals surface area contributed by atoms with E-state index in [9.17, 15) is 19.8 Å². The fourth-order valence-corrected chi connectivity index (χ4v) is 4.11. The van der Waals surface area contributed by atoms with E-state index in [1.165, 1.54) is 12.1 Å². The number of carboxylic acids is 2. The third-order valence-electron chi connectivity index (χ3n) is 5.23. The Kier molecular flexibility index (Phi) is 4.23. The molecule has 1 unspecified atom stereocenters. The number of aromatic nitrogens is 2. The van der Waals surface area contributed by atoms with Crippen molar-refractivity contribution in [3.8, 4) is 5.69 Å². The van der Waals surface area contributed by atoms with Gasteiger partial charge < -0.3 is 10.2 Å². The largest absolute Gasteiger partial charge is 0.481 e. The summed E-state index contributed by atoms with van der Waals surface area (Å²) in [7, 11) is 0. The van der Waals surface area contributed by atoms with Gasteiger partial charge in [-0.15, -0.1) is 0 Å². The lowest BCUT2D eigenvalue weighted by molar-refractivity contribution is -0.137. The predicted octanol–water partition coefficient (Wildman–Crippen LogP) is 4.00. The van der Waals surface area contributed by atoms with Crippen LogP contribution < -0.4 is 0 Å². The average molecular weight is 375 g/mol. The predicted molar refractivity (Wildman–Crippen MR) is 95.4 cm³/mol. The Bertz CT molecular complexity index is 901. The van der Waals surface area contributed by atoms with Crippen molar-refractivity contribution >= 4 is 23.5 Å². The molecule has 7 heteroatoms. The van der Waals surface area contributed by atoms with Gasteiger partial charge in [0.25, 0.3) is 0 Å². The highest BCUT2D eigenvalue weighted by Crippen LogP contribution is 2.47. The summed E-state index contributed by atoms with van der Waals surface area (Å²) >= 11 is 6.36. The first-order valence-corrected chi connectivity index (χ1v) is 9.20. The quantitative estimate of drug-likeness (QED) is 0.825. The number of hydrogen-bond donors (Lipinski definition) is 2. The normalized spacial score (nSPS) is 19.2. The Morgan fingerprint density at radius 3 is 2.65 bits per heavy atom. The molecule has 4 rings (SSSR count). The molecule has 0 aliphatic heterocycles. The van der Waals surface area contributed by atoms with Gasteiger partial charge in [0.05, 0.1) is 28.4 Å². The van der Waals surface area contributed by atoms with Crippen molar-refractivity contribution in [1.29, 1.82) is 0 Å². The SMILES string of the molecule is O=C(O)CC1CCCc2c1c(C1CC1)nn2-c1cc(C(=O)O)ccc1Cl. The number of fused-ring (bicyclic) bond motifs is 1. The van der Waals surface area contributed by atoms with Gasteiger partial charge in [0.1, 0.15) is 0 Å². The van der Waals surface area contributed by atoms with E-state index in [0.29, 0.717) is 16.6 Å². The number of aliphatic carboxylic acids is 1. The highest BCUT2D eigenvalue weighted by molar-refractivity contribution is 6.32. The van der Waals surface area contributed by atoms with Crippen LogP contribution in [0.5, 0.6) is 0 Å². The Morgan fingerprint density at radius 1 is 1.23 bits per heavy atom. The van der Waals surface area contributed by atoms with Crippen molar-refractivity contribution in [3.05, 3.63) is 45.7 Å². The van der Waals surface area contributed by atoms with Crippen LogP contribution in [0.25, 0.3) is 5.69 Å². The van der Waals surface area contributed by atoms with Gasteiger partial charge >= 0.3 is 11.9 Å². The summed E-state index contributed by atoms with van der Waals surface area (Å²) in [6.07, 6.45) is 4.74. The molecule has 1 saturated carbocycles. The van der Waals surface area contributed by atoms with Crippen LogP contribution in [0.3, 0.4) is 0 Å². The molecular formula is C19H19ClN2O4. The fourth-order valence-electron chi connectivity index (χ4n) is 3.91. The van der Waals surface area contributed by atoms with Crippen LogP contribution in [0.1, 0.15) is 71.2 Å². The molecule has 2 aliphatic carbocycles. The number of benzene rings is 1. The first kappa shape index (κ1) is 17.1. The van der Waals surface area contributed by atoms with Crippen LogP contribution in [-0.4, -0.2) is 31.9 Å². The van der Waals surface area contributed by atoms with Crippen molar-refractivity contribution < 1.29 is 19.8 Å². The van der Waals surface area contributed by atoms with Gasteiger partial charge in [0, 0.05) is 17.2 Å². The molecule has 0 saturated heterocycles. The molecule has 1 aromatic heterocycles. The monoisotopic (exact) mass is 374 g/mol. The van der Waals surface area contributed by atoms with Crippen LogP contribution in [-0.2, 0) is 11.2 Å². The summed E-state index contributed by atoms with van der Waals surface area (Å²) in [5.74, 6) is -1.48. The molecule has 2 aliphatic rings. The van der Waals surface area contributed by atoms with Crippen LogP contribution >= 0.6 is 11.6 Å². The van der Waals surface area contributed by atoms with Crippen molar-refractivity contribution in [2.75, 3.05) is 0 Å². The van der Waals surface area contributed by atoms with Gasteiger partial charge in [-0.1, -0.05) is 11.6 Å². The Labute approximate surface area is 155 Å². The maximum Gasteiger partial charge on any atom is 0.335 e. The minimum Gasteiger partial charge on any atom is -0.481 e. The molecule has 1 atom stereocenters. The average Bonchev–Trinajstić information content (AvgIpc) is 3.36. The lowest BCUT2D eigenvalue weighted by Gasteiger charge is -2.23. The molecule has 2 aromatic rings. The topological polar surface area (TPSA) is 92.4 Å². The van der Waals surface area contributed by atoms with Crippen molar-refractivity contribution in [2.24, 2.45) is 0 Å². The number of carbonyl (C=O) groups is 2. The van der Waals surface area contributed by atoms with Crippen molar-refractivity contribution in [3.63, 3.8) is 0 Å². The molecule has 1 fully saturated rings. The maximum atomic E-state index is 11.3. The lowest BCUT2D eigenvalue weighted by Crippen LogP contribution is -2.16. The van der Waals surface area contributed by atoms with Gasteiger partial charge in [-0.3, -0.25) is 4.79 Å². The standard InChI is InChI=1S/C19H19ClN2O4/c20-13-7-6-12(19(25)26)8-15(13)22-14-3-1-2-11(9-16(23)24)17(14)18(21-22)10-4-5-10/h6-8,10-11H,1-5,9H2,(H,23,24)(H,25,26). The summed E-state index contributed by atoms with van der Waals surface area (Å²) in [5.41, 5.74) is 3.71. The smallest absolute Gasteiger partial charge is 0.335 e. The minimum atomic E-state index is -1.02. The zero-order chi connectivity index (χ0) is 18.4. The van der Waals surface area contributed by atoms with Crippen molar-refractivity contribution in [1.82, 2.24) is 9.78 Å². The molecule has 6 nitrogen and oxygen atoms in total. The number of rotatable bonds is 5. The fraction of sp³-hybridized carbons (Fsp3) is 0.421.